The summed E-state index contributed by atoms with van der Waals surface area (Å²) in [6, 6.07) is 18.6. The number of methoxy groups -OCH3 is 1. The van der Waals surface area contributed by atoms with E-state index in [1.54, 1.807) is 12.1 Å². The standard InChI is InChI=1S/C26H17F3INO2/c1-31-20-12-9-15(25(32)33-2)13-19(20)22-21(14-7-10-16(11-8-14)26(27,28)29)23(30)17-5-3-4-6-18(17)24(22)31/h3-13H,1-2H3. The second-order valence-corrected chi connectivity index (χ2v) is 8.89. The number of benzene rings is 4. The van der Waals surface area contributed by atoms with Gasteiger partial charge in [-0.15, -0.1) is 0 Å². The second kappa shape index (κ2) is 7.76. The number of aryl methyl sites for hydroxylation is 1. The van der Waals surface area contributed by atoms with Crippen molar-refractivity contribution in [3.63, 3.8) is 0 Å². The van der Waals surface area contributed by atoms with Crippen LogP contribution in [0.4, 0.5) is 13.2 Å². The minimum atomic E-state index is -4.40. The van der Waals surface area contributed by atoms with Gasteiger partial charge in [-0.25, -0.2) is 4.79 Å². The molecule has 0 unspecified atom stereocenters. The molecule has 0 aliphatic heterocycles. The third-order valence-electron chi connectivity index (χ3n) is 6.01. The van der Waals surface area contributed by atoms with Gasteiger partial charge in [-0.3, -0.25) is 0 Å². The van der Waals surface area contributed by atoms with Gasteiger partial charge in [0.2, 0.25) is 0 Å². The van der Waals surface area contributed by atoms with Crippen molar-refractivity contribution >= 4 is 61.1 Å². The molecular formula is C26H17F3INO2. The van der Waals surface area contributed by atoms with Crippen molar-refractivity contribution in [2.75, 3.05) is 7.11 Å². The summed E-state index contributed by atoms with van der Waals surface area (Å²) in [6.45, 7) is 0. The molecule has 4 aromatic carbocycles. The Morgan fingerprint density at radius 2 is 1.61 bits per heavy atom. The Balaban J connectivity index is 1.95. The van der Waals surface area contributed by atoms with E-state index in [-0.39, 0.29) is 0 Å². The van der Waals surface area contributed by atoms with Crippen LogP contribution in [0.2, 0.25) is 0 Å². The summed E-state index contributed by atoms with van der Waals surface area (Å²) < 4.78 is 47.4. The quantitative estimate of drug-likeness (QED) is 0.165. The first-order chi connectivity index (χ1) is 15.7. The molecule has 5 aromatic rings. The zero-order valence-corrected chi connectivity index (χ0v) is 19.8. The molecular weight excluding hydrogens is 542 g/mol. The Labute approximate surface area is 200 Å². The van der Waals surface area contributed by atoms with Crippen LogP contribution in [-0.4, -0.2) is 17.6 Å². The molecule has 0 bridgehead atoms. The topological polar surface area (TPSA) is 31.2 Å². The molecule has 1 heterocycles. The van der Waals surface area contributed by atoms with Gasteiger partial charge in [0, 0.05) is 37.9 Å². The van der Waals surface area contributed by atoms with Crippen molar-refractivity contribution in [3.05, 3.63) is 81.4 Å². The highest BCUT2D eigenvalue weighted by atomic mass is 127. The number of hydrogen-bond donors (Lipinski definition) is 0. The fourth-order valence-corrected chi connectivity index (χ4v) is 5.53. The van der Waals surface area contributed by atoms with Crippen LogP contribution < -0.4 is 0 Å². The molecule has 5 rings (SSSR count). The normalized spacial score (nSPS) is 12.1. The lowest BCUT2D eigenvalue weighted by atomic mass is 9.94. The minimum Gasteiger partial charge on any atom is -0.465 e. The second-order valence-electron chi connectivity index (χ2n) is 7.82. The van der Waals surface area contributed by atoms with Crippen molar-refractivity contribution in [1.29, 1.82) is 0 Å². The molecule has 0 aliphatic rings. The summed E-state index contributed by atoms with van der Waals surface area (Å²) in [5.41, 5.74) is 3.11. The molecule has 33 heavy (non-hydrogen) atoms. The fourth-order valence-electron chi connectivity index (χ4n) is 4.48. The summed E-state index contributed by atoms with van der Waals surface area (Å²) >= 11 is 2.26. The molecule has 0 saturated heterocycles. The van der Waals surface area contributed by atoms with Crippen LogP contribution in [0.3, 0.4) is 0 Å². The number of fused-ring (bicyclic) bond motifs is 5. The lowest BCUT2D eigenvalue weighted by Gasteiger charge is -2.14. The summed E-state index contributed by atoms with van der Waals surface area (Å²) in [6.07, 6.45) is -4.40. The molecule has 0 radical (unpaired) electrons. The molecule has 7 heteroatoms. The van der Waals surface area contributed by atoms with Crippen molar-refractivity contribution in [2.45, 2.75) is 6.18 Å². The number of carbonyl (C=O) groups is 1. The van der Waals surface area contributed by atoms with E-state index in [1.807, 2.05) is 37.4 Å². The van der Waals surface area contributed by atoms with Crippen molar-refractivity contribution in [1.82, 2.24) is 4.57 Å². The zero-order valence-electron chi connectivity index (χ0n) is 17.6. The number of esters is 1. The van der Waals surface area contributed by atoms with Crippen molar-refractivity contribution in [2.24, 2.45) is 7.05 Å². The first-order valence-corrected chi connectivity index (χ1v) is 11.2. The number of alkyl halides is 3. The third-order valence-corrected chi connectivity index (χ3v) is 7.13. The van der Waals surface area contributed by atoms with Gasteiger partial charge in [0.15, 0.2) is 0 Å². The van der Waals surface area contributed by atoms with Gasteiger partial charge in [0.25, 0.3) is 0 Å². The molecule has 0 spiro atoms. The van der Waals surface area contributed by atoms with E-state index in [0.717, 1.165) is 53.8 Å². The Hall–Kier alpha value is -3.07. The maximum atomic E-state index is 13.2. The fraction of sp³-hybridized carbons (Fsp3) is 0.115. The smallest absolute Gasteiger partial charge is 0.416 e. The summed E-state index contributed by atoms with van der Waals surface area (Å²) in [5.74, 6) is -0.444. The number of rotatable bonds is 2. The molecule has 0 aliphatic carbocycles. The lowest BCUT2D eigenvalue weighted by Crippen LogP contribution is -2.04. The van der Waals surface area contributed by atoms with Crippen LogP contribution in [0.25, 0.3) is 43.7 Å². The number of nitrogens with zero attached hydrogens (tertiary/aromatic N) is 1. The van der Waals surface area contributed by atoms with E-state index >= 15 is 0 Å². The van der Waals surface area contributed by atoms with E-state index in [2.05, 4.69) is 27.2 Å². The summed E-state index contributed by atoms with van der Waals surface area (Å²) in [7, 11) is 3.29. The van der Waals surface area contributed by atoms with Crippen molar-refractivity contribution in [3.8, 4) is 11.1 Å². The Morgan fingerprint density at radius 1 is 0.939 bits per heavy atom. The number of ether oxygens (including phenoxy) is 1. The Morgan fingerprint density at radius 3 is 2.24 bits per heavy atom. The predicted molar refractivity (Wildman–Crippen MR) is 132 cm³/mol. The Bertz CT molecular complexity index is 1570. The van der Waals surface area contributed by atoms with Crippen LogP contribution in [0.1, 0.15) is 15.9 Å². The minimum absolute atomic E-state index is 0.416. The van der Waals surface area contributed by atoms with Gasteiger partial charge in [0.05, 0.1) is 23.8 Å². The number of aromatic nitrogens is 1. The van der Waals surface area contributed by atoms with Gasteiger partial charge in [-0.2, -0.15) is 13.2 Å². The molecule has 0 saturated carbocycles. The maximum Gasteiger partial charge on any atom is 0.416 e. The van der Waals surface area contributed by atoms with E-state index in [1.165, 1.54) is 19.2 Å². The molecule has 0 amide bonds. The lowest BCUT2D eigenvalue weighted by molar-refractivity contribution is -0.137. The van der Waals surface area contributed by atoms with Crippen LogP contribution in [0.5, 0.6) is 0 Å². The number of halogens is 4. The van der Waals surface area contributed by atoms with Crippen LogP contribution in [0.15, 0.2) is 66.7 Å². The molecule has 1 aromatic heterocycles. The van der Waals surface area contributed by atoms with Gasteiger partial charge < -0.3 is 9.30 Å². The summed E-state index contributed by atoms with van der Waals surface area (Å²) in [5, 5.41) is 3.78. The molecule has 0 N–H and O–H groups in total. The molecule has 0 fully saturated rings. The average Bonchev–Trinajstić information content (AvgIpc) is 3.10. The van der Waals surface area contributed by atoms with E-state index in [0.29, 0.717) is 11.1 Å². The zero-order chi connectivity index (χ0) is 23.5. The van der Waals surface area contributed by atoms with E-state index < -0.39 is 17.7 Å². The van der Waals surface area contributed by atoms with E-state index in [9.17, 15) is 18.0 Å². The first-order valence-electron chi connectivity index (χ1n) is 10.1. The molecule has 166 valence electrons. The third kappa shape index (κ3) is 3.37. The van der Waals surface area contributed by atoms with Crippen LogP contribution in [-0.2, 0) is 18.0 Å². The molecule has 3 nitrogen and oxygen atoms in total. The maximum absolute atomic E-state index is 13.2. The van der Waals surface area contributed by atoms with Gasteiger partial charge >= 0.3 is 12.1 Å². The largest absolute Gasteiger partial charge is 0.465 e. The van der Waals surface area contributed by atoms with Gasteiger partial charge in [-0.05, 0) is 63.9 Å². The number of hydrogen-bond acceptors (Lipinski definition) is 2. The van der Waals surface area contributed by atoms with E-state index in [4.69, 9.17) is 4.74 Å². The van der Waals surface area contributed by atoms with Gasteiger partial charge in [-0.1, -0.05) is 36.4 Å². The highest BCUT2D eigenvalue weighted by molar-refractivity contribution is 14.1. The molecule has 0 atom stereocenters. The van der Waals surface area contributed by atoms with Gasteiger partial charge in [0.1, 0.15) is 0 Å². The van der Waals surface area contributed by atoms with Crippen LogP contribution >= 0.6 is 22.6 Å². The first kappa shape index (κ1) is 21.8. The van der Waals surface area contributed by atoms with Crippen LogP contribution in [0, 0.1) is 3.57 Å². The highest BCUT2D eigenvalue weighted by Gasteiger charge is 2.30. The monoisotopic (exact) mass is 559 g/mol. The summed E-state index contributed by atoms with van der Waals surface area (Å²) in [4.78, 5) is 12.2. The number of carbonyl (C=O) groups excluding carboxylic acids is 1. The predicted octanol–water partition coefficient (Wildman–Crippen LogP) is 7.56. The average molecular weight is 559 g/mol. The SMILES string of the molecule is COC(=O)c1ccc2c(c1)c1c(-c3ccc(C(F)(F)F)cc3)c(I)c3ccccc3c1n2C. The van der Waals surface area contributed by atoms with Crippen molar-refractivity contribution < 1.29 is 22.7 Å². The Kier molecular flexibility index (Phi) is 5.12. The highest BCUT2D eigenvalue weighted by Crippen LogP contribution is 2.44.